The van der Waals surface area contributed by atoms with Gasteiger partial charge in [0.1, 0.15) is 5.82 Å². The second-order valence-electron chi connectivity index (χ2n) is 5.76. The Balaban J connectivity index is 1.86. The van der Waals surface area contributed by atoms with Crippen molar-refractivity contribution in [3.05, 3.63) is 29.6 Å². The van der Waals surface area contributed by atoms with Crippen molar-refractivity contribution in [1.29, 1.82) is 0 Å². The van der Waals surface area contributed by atoms with E-state index in [9.17, 15) is 4.39 Å². The van der Waals surface area contributed by atoms with Crippen LogP contribution in [-0.4, -0.2) is 37.1 Å². The molecule has 2 aliphatic heterocycles. The molecule has 0 radical (unpaired) electrons. The van der Waals surface area contributed by atoms with E-state index >= 15 is 0 Å². The van der Waals surface area contributed by atoms with Gasteiger partial charge in [-0.15, -0.1) is 0 Å². The molecule has 3 rings (SSSR count). The molecule has 2 saturated heterocycles. The summed E-state index contributed by atoms with van der Waals surface area (Å²) in [6.07, 6.45) is 3.79. The van der Waals surface area contributed by atoms with Crippen LogP contribution in [0.15, 0.2) is 18.2 Å². The first-order chi connectivity index (χ1) is 9.19. The minimum Gasteiger partial charge on any atom is -0.370 e. The number of hydrogen-bond donors (Lipinski definition) is 1. The van der Waals surface area contributed by atoms with Gasteiger partial charge in [-0.25, -0.2) is 4.39 Å². The van der Waals surface area contributed by atoms with Crippen molar-refractivity contribution in [2.45, 2.75) is 37.9 Å². The first-order valence-electron chi connectivity index (χ1n) is 7.14. The Morgan fingerprint density at radius 1 is 1.26 bits per heavy atom. The van der Waals surface area contributed by atoms with Gasteiger partial charge in [0.2, 0.25) is 0 Å². The highest BCUT2D eigenvalue weighted by atomic mass is 19.1. The third kappa shape index (κ3) is 2.35. The van der Waals surface area contributed by atoms with Gasteiger partial charge in [0.25, 0.3) is 0 Å². The zero-order chi connectivity index (χ0) is 13.4. The summed E-state index contributed by atoms with van der Waals surface area (Å²) in [7, 11) is 2.24. The van der Waals surface area contributed by atoms with E-state index in [4.69, 9.17) is 5.73 Å². The topological polar surface area (TPSA) is 32.5 Å². The highest BCUT2D eigenvalue weighted by molar-refractivity contribution is 5.54. The van der Waals surface area contributed by atoms with E-state index in [0.29, 0.717) is 12.6 Å². The maximum absolute atomic E-state index is 13.3. The predicted molar refractivity (Wildman–Crippen MR) is 75.7 cm³/mol. The zero-order valence-corrected chi connectivity index (χ0v) is 11.5. The van der Waals surface area contributed by atoms with Gasteiger partial charge in [0.05, 0.1) is 0 Å². The number of benzene rings is 1. The minimum atomic E-state index is -0.197. The maximum atomic E-state index is 13.3. The van der Waals surface area contributed by atoms with Gasteiger partial charge < -0.3 is 10.6 Å². The van der Waals surface area contributed by atoms with E-state index in [-0.39, 0.29) is 5.82 Å². The molecule has 0 aliphatic carbocycles. The van der Waals surface area contributed by atoms with Crippen molar-refractivity contribution in [3.63, 3.8) is 0 Å². The molecule has 3 nitrogen and oxygen atoms in total. The summed E-state index contributed by atoms with van der Waals surface area (Å²) in [5.41, 5.74) is 7.80. The molecule has 2 bridgehead atoms. The monoisotopic (exact) mass is 263 g/mol. The number of nitrogens with two attached hydrogens (primary N) is 1. The van der Waals surface area contributed by atoms with E-state index in [0.717, 1.165) is 30.4 Å². The summed E-state index contributed by atoms with van der Waals surface area (Å²) in [5.74, 6) is -0.197. The number of halogens is 1. The Morgan fingerprint density at radius 2 is 2.05 bits per heavy atom. The van der Waals surface area contributed by atoms with Gasteiger partial charge in [-0.1, -0.05) is 0 Å². The summed E-state index contributed by atoms with van der Waals surface area (Å²) >= 11 is 0. The molecule has 19 heavy (non-hydrogen) atoms. The third-order valence-corrected chi connectivity index (χ3v) is 4.75. The lowest BCUT2D eigenvalue weighted by atomic mass is 10.1. The van der Waals surface area contributed by atoms with Crippen molar-refractivity contribution < 1.29 is 4.39 Å². The predicted octanol–water partition coefficient (Wildman–Crippen LogP) is 1.96. The molecular weight excluding hydrogens is 241 g/mol. The lowest BCUT2D eigenvalue weighted by Gasteiger charge is -2.29. The summed E-state index contributed by atoms with van der Waals surface area (Å²) in [6.45, 7) is 2.48. The van der Waals surface area contributed by atoms with Crippen LogP contribution >= 0.6 is 0 Å². The average molecular weight is 263 g/mol. The summed E-state index contributed by atoms with van der Waals surface area (Å²) < 4.78 is 13.3. The average Bonchev–Trinajstić information content (AvgIpc) is 2.64. The summed E-state index contributed by atoms with van der Waals surface area (Å²) in [6, 6.07) is 6.35. The van der Waals surface area contributed by atoms with Crippen molar-refractivity contribution in [1.82, 2.24) is 4.90 Å². The minimum absolute atomic E-state index is 0.197. The molecule has 0 saturated carbocycles. The van der Waals surface area contributed by atoms with E-state index in [1.54, 1.807) is 12.1 Å². The lowest BCUT2D eigenvalue weighted by Crippen LogP contribution is -2.37. The Bertz CT molecular complexity index is 463. The molecule has 2 atom stereocenters. The van der Waals surface area contributed by atoms with Gasteiger partial charge in [0.15, 0.2) is 0 Å². The van der Waals surface area contributed by atoms with Gasteiger partial charge in [0, 0.05) is 37.4 Å². The highest BCUT2D eigenvalue weighted by Gasteiger charge is 2.34. The van der Waals surface area contributed by atoms with Crippen LogP contribution in [0, 0.1) is 5.82 Å². The molecule has 104 valence electrons. The number of rotatable bonds is 2. The number of nitrogens with zero attached hydrogens (tertiary/aromatic N) is 2. The standard InChI is InChI=1S/C15H22FN3/c1-18-13-3-4-14(18)10-19(7-6-13)15-5-2-12(16)8-11(15)9-17/h2,5,8,13-14H,3-4,6-7,9-10,17H2,1H3. The van der Waals surface area contributed by atoms with Crippen LogP contribution in [0.5, 0.6) is 0 Å². The van der Waals surface area contributed by atoms with Crippen molar-refractivity contribution >= 4 is 5.69 Å². The van der Waals surface area contributed by atoms with Crippen molar-refractivity contribution in [2.24, 2.45) is 5.73 Å². The molecule has 2 unspecified atom stereocenters. The molecule has 2 N–H and O–H groups in total. The van der Waals surface area contributed by atoms with E-state index in [2.05, 4.69) is 16.8 Å². The fourth-order valence-electron chi connectivity index (χ4n) is 3.55. The van der Waals surface area contributed by atoms with Gasteiger partial charge >= 0.3 is 0 Å². The van der Waals surface area contributed by atoms with Gasteiger partial charge in [-0.2, -0.15) is 0 Å². The third-order valence-electron chi connectivity index (χ3n) is 4.75. The molecule has 1 aromatic carbocycles. The molecule has 2 aliphatic rings. The van der Waals surface area contributed by atoms with Crippen molar-refractivity contribution in [2.75, 3.05) is 25.0 Å². The van der Waals surface area contributed by atoms with E-state index < -0.39 is 0 Å². The Kier molecular flexibility index (Phi) is 3.46. The van der Waals surface area contributed by atoms with Gasteiger partial charge in [-0.05, 0) is 50.1 Å². The van der Waals surface area contributed by atoms with Crippen LogP contribution in [0.2, 0.25) is 0 Å². The number of hydrogen-bond acceptors (Lipinski definition) is 3. The first kappa shape index (κ1) is 12.9. The molecule has 0 aromatic heterocycles. The Labute approximate surface area is 114 Å². The van der Waals surface area contributed by atoms with Crippen LogP contribution in [-0.2, 0) is 6.54 Å². The second kappa shape index (κ2) is 5.10. The maximum Gasteiger partial charge on any atom is 0.123 e. The fraction of sp³-hybridized carbons (Fsp3) is 0.600. The molecule has 4 heteroatoms. The van der Waals surface area contributed by atoms with Gasteiger partial charge in [-0.3, -0.25) is 4.90 Å². The number of anilines is 1. The van der Waals surface area contributed by atoms with Crippen LogP contribution in [0.25, 0.3) is 0 Å². The molecule has 2 heterocycles. The number of fused-ring (bicyclic) bond motifs is 2. The quantitative estimate of drug-likeness (QED) is 0.885. The molecule has 0 spiro atoms. The normalized spacial score (nSPS) is 27.6. The molecule has 0 amide bonds. The highest BCUT2D eigenvalue weighted by Crippen LogP contribution is 2.32. The second-order valence-corrected chi connectivity index (χ2v) is 5.76. The zero-order valence-electron chi connectivity index (χ0n) is 11.5. The van der Waals surface area contributed by atoms with Crippen LogP contribution < -0.4 is 10.6 Å². The largest absolute Gasteiger partial charge is 0.370 e. The van der Waals surface area contributed by atoms with Crippen LogP contribution in [0.3, 0.4) is 0 Å². The first-order valence-corrected chi connectivity index (χ1v) is 7.14. The Morgan fingerprint density at radius 3 is 2.84 bits per heavy atom. The lowest BCUT2D eigenvalue weighted by molar-refractivity contribution is 0.254. The summed E-state index contributed by atoms with van der Waals surface area (Å²) in [4.78, 5) is 4.91. The Hall–Kier alpha value is -1.13. The van der Waals surface area contributed by atoms with Crippen molar-refractivity contribution in [3.8, 4) is 0 Å². The van der Waals surface area contributed by atoms with Crippen LogP contribution in [0.1, 0.15) is 24.8 Å². The van der Waals surface area contributed by atoms with Crippen LogP contribution in [0.4, 0.5) is 10.1 Å². The molecular formula is C15H22FN3. The van der Waals surface area contributed by atoms with E-state index in [1.165, 1.54) is 19.3 Å². The van der Waals surface area contributed by atoms with E-state index in [1.807, 2.05) is 6.07 Å². The number of likely N-dealkylation sites (N-methyl/N-ethyl adjacent to an activating group) is 1. The fourth-order valence-corrected chi connectivity index (χ4v) is 3.55. The summed E-state index contributed by atoms with van der Waals surface area (Å²) in [5, 5.41) is 0. The smallest absolute Gasteiger partial charge is 0.123 e. The SMILES string of the molecule is CN1C2CCC1CN(c1ccc(F)cc1CN)CC2. The molecule has 2 fully saturated rings. The molecule has 1 aromatic rings.